The van der Waals surface area contributed by atoms with Crippen molar-refractivity contribution < 1.29 is 23.8 Å². The second-order valence-electron chi connectivity index (χ2n) is 4.44. The van der Waals surface area contributed by atoms with Crippen molar-refractivity contribution in [1.82, 2.24) is 5.32 Å². The first-order valence-corrected chi connectivity index (χ1v) is 7.78. The van der Waals surface area contributed by atoms with Crippen LogP contribution in [-0.4, -0.2) is 55.4 Å². The molecule has 0 aromatic heterocycles. The quantitative estimate of drug-likeness (QED) is 0.549. The summed E-state index contributed by atoms with van der Waals surface area (Å²) in [4.78, 5) is 23.7. The fourth-order valence-corrected chi connectivity index (χ4v) is 2.04. The Kier molecular flexibility index (Phi) is 7.79. The number of hydrogen-bond donors (Lipinski definition) is 1. The normalized spacial score (nSPS) is 9.95. The van der Waals surface area contributed by atoms with Gasteiger partial charge in [0.1, 0.15) is 16.3 Å². The number of rotatable bonds is 9. The van der Waals surface area contributed by atoms with Gasteiger partial charge in [0.15, 0.2) is 23.9 Å². The van der Waals surface area contributed by atoms with Crippen LogP contribution >= 0.6 is 0 Å². The van der Waals surface area contributed by atoms with Gasteiger partial charge in [0.2, 0.25) is 5.75 Å². The predicted octanol–water partition coefficient (Wildman–Crippen LogP) is 1.38. The standard InChI is InChI=1S/C15H20NO5.Al/c1-5-8-16-13(18)9-21-14-11(10(2)17)6-7-12(19-3)15(14)20-4;/h6-7H,2,5,8-9H2,1,3-4H3,(H,16,18);. The second kappa shape index (κ2) is 9.34. The Morgan fingerprint density at radius 3 is 2.45 bits per heavy atom. The molecule has 1 N–H and O–H groups in total. The molecular formula is C15H20AlNO5. The second-order valence-corrected chi connectivity index (χ2v) is 4.85. The van der Waals surface area contributed by atoms with Crippen LogP contribution in [0.3, 0.4) is 0 Å². The Hall–Kier alpha value is -1.71. The molecule has 0 fully saturated rings. The zero-order valence-corrected chi connectivity index (χ0v) is 14.3. The number of methoxy groups -OCH3 is 2. The van der Waals surface area contributed by atoms with Crippen LogP contribution in [0.2, 0.25) is 5.28 Å². The number of amides is 1. The van der Waals surface area contributed by atoms with Crippen molar-refractivity contribution in [2.24, 2.45) is 0 Å². The van der Waals surface area contributed by atoms with Crippen molar-refractivity contribution in [1.29, 1.82) is 0 Å². The van der Waals surface area contributed by atoms with E-state index in [-0.39, 0.29) is 29.3 Å². The zero-order valence-electron chi connectivity index (χ0n) is 13.1. The van der Waals surface area contributed by atoms with Crippen LogP contribution in [-0.2, 0) is 4.79 Å². The van der Waals surface area contributed by atoms with Gasteiger partial charge in [-0.1, -0.05) is 12.2 Å². The monoisotopic (exact) mass is 321 g/mol. The van der Waals surface area contributed by atoms with Crippen molar-refractivity contribution in [3.63, 3.8) is 0 Å². The third-order valence-corrected chi connectivity index (χ3v) is 3.28. The largest absolute Gasteiger partial charge is 0.493 e. The molecule has 0 spiro atoms. The van der Waals surface area contributed by atoms with Gasteiger partial charge >= 0.3 is 0 Å². The minimum absolute atomic E-state index is 0.130. The Morgan fingerprint density at radius 2 is 1.91 bits per heavy atom. The fraction of sp³-hybridized carbons (Fsp3) is 0.467. The lowest BCUT2D eigenvalue weighted by Gasteiger charge is -2.16. The van der Waals surface area contributed by atoms with Gasteiger partial charge in [-0.3, -0.25) is 9.59 Å². The number of benzene rings is 1. The van der Waals surface area contributed by atoms with Crippen molar-refractivity contribution in [2.75, 3.05) is 27.4 Å². The maximum Gasteiger partial charge on any atom is 0.257 e. The molecule has 1 aromatic carbocycles. The Balaban J connectivity index is 3.06. The van der Waals surface area contributed by atoms with Gasteiger partial charge in [0.25, 0.3) is 5.91 Å². The molecule has 0 heterocycles. The molecule has 1 amide bonds. The van der Waals surface area contributed by atoms with Crippen LogP contribution in [0.5, 0.6) is 17.2 Å². The number of hydrogen-bond acceptors (Lipinski definition) is 5. The van der Waals surface area contributed by atoms with E-state index < -0.39 is 0 Å². The summed E-state index contributed by atoms with van der Waals surface area (Å²) >= 11 is 2.37. The highest BCUT2D eigenvalue weighted by atomic mass is 27.0. The third kappa shape index (κ3) is 4.65. The molecule has 2 radical (unpaired) electrons. The molecular weight excluding hydrogens is 301 g/mol. The Bertz CT molecular complexity index is 533. The van der Waals surface area contributed by atoms with Gasteiger partial charge in [-0.2, -0.15) is 0 Å². The SMILES string of the molecule is CCCNC(=O)COc1c(C(=O)[CH2][Al])ccc(OC)c1OC. The molecule has 1 rings (SSSR count). The molecule has 22 heavy (non-hydrogen) atoms. The maximum atomic E-state index is 12.0. The maximum absolute atomic E-state index is 12.0. The Labute approximate surface area is 138 Å². The number of nitrogens with one attached hydrogen (secondary N) is 1. The average molecular weight is 321 g/mol. The van der Waals surface area contributed by atoms with E-state index in [1.807, 2.05) is 6.92 Å². The molecule has 118 valence electrons. The first-order valence-electron chi connectivity index (χ1n) is 6.96. The summed E-state index contributed by atoms with van der Waals surface area (Å²) < 4.78 is 16.0. The summed E-state index contributed by atoms with van der Waals surface area (Å²) in [5, 5.41) is 2.95. The van der Waals surface area contributed by atoms with Crippen molar-refractivity contribution in [2.45, 2.75) is 18.6 Å². The molecule has 0 aliphatic rings. The molecule has 0 saturated carbocycles. The number of Topliss-reactive ketones (excluding diaryl/α,β-unsaturated/α-hetero) is 1. The summed E-state index contributed by atoms with van der Waals surface area (Å²) in [5.74, 6) is 0.578. The molecule has 0 bridgehead atoms. The van der Waals surface area contributed by atoms with Crippen LogP contribution in [0.1, 0.15) is 23.7 Å². The number of ether oxygens (including phenoxy) is 3. The number of carbonyl (C=O) groups is 2. The van der Waals surface area contributed by atoms with Crippen LogP contribution in [0.4, 0.5) is 0 Å². The summed E-state index contributed by atoms with van der Waals surface area (Å²) in [5.41, 5.74) is 0.357. The highest BCUT2D eigenvalue weighted by Crippen LogP contribution is 2.40. The smallest absolute Gasteiger partial charge is 0.257 e. The van der Waals surface area contributed by atoms with E-state index >= 15 is 0 Å². The fourth-order valence-electron chi connectivity index (χ4n) is 1.82. The molecule has 0 unspecified atom stereocenters. The lowest BCUT2D eigenvalue weighted by molar-refractivity contribution is -0.123. The minimum atomic E-state index is -0.254. The van der Waals surface area contributed by atoms with Crippen LogP contribution in [0, 0.1) is 0 Å². The van der Waals surface area contributed by atoms with Gasteiger partial charge in [0.05, 0.1) is 19.8 Å². The van der Waals surface area contributed by atoms with Gasteiger partial charge < -0.3 is 19.5 Å². The topological polar surface area (TPSA) is 73.9 Å². The summed E-state index contributed by atoms with van der Waals surface area (Å²) in [6.07, 6.45) is 0.838. The summed E-state index contributed by atoms with van der Waals surface area (Å²) in [7, 11) is 2.95. The molecule has 0 aliphatic heterocycles. The predicted molar refractivity (Wildman–Crippen MR) is 83.2 cm³/mol. The summed E-state index contributed by atoms with van der Waals surface area (Å²) in [6.45, 7) is 2.34. The zero-order chi connectivity index (χ0) is 16.5. The van der Waals surface area contributed by atoms with Crippen LogP contribution in [0.15, 0.2) is 12.1 Å². The van der Waals surface area contributed by atoms with E-state index in [2.05, 4.69) is 21.6 Å². The van der Waals surface area contributed by atoms with Crippen molar-refractivity contribution in [3.05, 3.63) is 17.7 Å². The van der Waals surface area contributed by atoms with Crippen molar-refractivity contribution in [3.8, 4) is 17.2 Å². The molecule has 6 nitrogen and oxygen atoms in total. The van der Waals surface area contributed by atoms with Gasteiger partial charge in [-0.05, 0) is 18.6 Å². The van der Waals surface area contributed by atoms with Crippen LogP contribution < -0.4 is 19.5 Å². The van der Waals surface area contributed by atoms with Gasteiger partial charge in [-0.15, -0.1) is 0 Å². The lowest BCUT2D eigenvalue weighted by atomic mass is 10.1. The average Bonchev–Trinajstić information content (AvgIpc) is 2.56. The molecule has 0 atom stereocenters. The highest BCUT2D eigenvalue weighted by molar-refractivity contribution is 6.24. The van der Waals surface area contributed by atoms with E-state index in [1.54, 1.807) is 12.1 Å². The number of ketones is 1. The Morgan fingerprint density at radius 1 is 1.18 bits per heavy atom. The van der Waals surface area contributed by atoms with E-state index in [0.717, 1.165) is 6.42 Å². The lowest BCUT2D eigenvalue weighted by Crippen LogP contribution is -2.29. The van der Waals surface area contributed by atoms with E-state index in [0.29, 0.717) is 23.6 Å². The molecule has 0 saturated heterocycles. The first kappa shape index (κ1) is 18.3. The molecule has 0 aliphatic carbocycles. The third-order valence-electron chi connectivity index (χ3n) is 2.91. The molecule has 7 heteroatoms. The minimum Gasteiger partial charge on any atom is -0.493 e. The highest BCUT2D eigenvalue weighted by Gasteiger charge is 2.20. The van der Waals surface area contributed by atoms with Gasteiger partial charge in [-0.25, -0.2) is 0 Å². The first-order chi connectivity index (χ1) is 10.6. The molecule has 1 aromatic rings. The van der Waals surface area contributed by atoms with Crippen molar-refractivity contribution >= 4 is 28.0 Å². The van der Waals surface area contributed by atoms with Crippen LogP contribution in [0.25, 0.3) is 0 Å². The van der Waals surface area contributed by atoms with E-state index in [9.17, 15) is 9.59 Å². The van der Waals surface area contributed by atoms with Gasteiger partial charge in [0, 0.05) is 6.54 Å². The van der Waals surface area contributed by atoms with E-state index in [1.165, 1.54) is 14.2 Å². The number of carbonyl (C=O) groups excluding carboxylic acids is 2. The summed E-state index contributed by atoms with van der Waals surface area (Å²) in [6, 6.07) is 3.24. The van der Waals surface area contributed by atoms with E-state index in [4.69, 9.17) is 14.2 Å².